The smallest absolute Gasteiger partial charge is 0.165 e. The van der Waals surface area contributed by atoms with Gasteiger partial charge in [0.2, 0.25) is 0 Å². The summed E-state index contributed by atoms with van der Waals surface area (Å²) < 4.78 is 25.8. The van der Waals surface area contributed by atoms with Crippen molar-refractivity contribution in [1.82, 2.24) is 0 Å². The standard InChI is InChI=1S/C8H7BrF2O.C2H6/c1-2-4-7(11)6(10)3-5(9)8(4)12;1-2/h3,12H,2H2,1H3;1-2H3. The van der Waals surface area contributed by atoms with Crippen LogP contribution in [0.15, 0.2) is 10.5 Å². The van der Waals surface area contributed by atoms with Crippen molar-refractivity contribution in [2.24, 2.45) is 0 Å². The topological polar surface area (TPSA) is 20.2 Å². The molecule has 0 aromatic heterocycles. The van der Waals surface area contributed by atoms with Gasteiger partial charge in [0.15, 0.2) is 11.6 Å². The first-order valence-electron chi connectivity index (χ1n) is 4.43. The summed E-state index contributed by atoms with van der Waals surface area (Å²) >= 11 is 2.92. The highest BCUT2D eigenvalue weighted by Gasteiger charge is 2.14. The molecule has 0 aliphatic carbocycles. The van der Waals surface area contributed by atoms with E-state index in [0.717, 1.165) is 6.07 Å². The van der Waals surface area contributed by atoms with Crippen LogP contribution in [0, 0.1) is 11.6 Å². The SMILES string of the molecule is CC.CCc1c(O)c(Br)cc(F)c1F. The molecule has 0 bridgehead atoms. The van der Waals surface area contributed by atoms with Crippen molar-refractivity contribution in [3.63, 3.8) is 0 Å². The fourth-order valence-corrected chi connectivity index (χ4v) is 1.40. The van der Waals surface area contributed by atoms with E-state index in [1.807, 2.05) is 13.8 Å². The van der Waals surface area contributed by atoms with Crippen LogP contribution in [0.2, 0.25) is 0 Å². The molecule has 0 aliphatic heterocycles. The lowest BCUT2D eigenvalue weighted by Crippen LogP contribution is -1.93. The van der Waals surface area contributed by atoms with E-state index in [1.165, 1.54) is 0 Å². The summed E-state index contributed by atoms with van der Waals surface area (Å²) in [5.41, 5.74) is 0.00174. The van der Waals surface area contributed by atoms with E-state index in [1.54, 1.807) is 6.92 Å². The maximum Gasteiger partial charge on any atom is 0.165 e. The third-order valence-corrected chi connectivity index (χ3v) is 2.20. The number of phenols is 1. The number of aromatic hydroxyl groups is 1. The van der Waals surface area contributed by atoms with Crippen molar-refractivity contribution >= 4 is 15.9 Å². The molecule has 0 aliphatic rings. The first-order chi connectivity index (χ1) is 6.57. The predicted octanol–water partition coefficient (Wildman–Crippen LogP) is 4.02. The number of hydrogen-bond acceptors (Lipinski definition) is 1. The fourth-order valence-electron chi connectivity index (χ4n) is 0.958. The molecule has 0 radical (unpaired) electrons. The molecule has 0 saturated carbocycles. The van der Waals surface area contributed by atoms with Crippen molar-refractivity contribution in [2.45, 2.75) is 27.2 Å². The van der Waals surface area contributed by atoms with Crippen LogP contribution in [0.4, 0.5) is 8.78 Å². The second kappa shape index (κ2) is 5.96. The van der Waals surface area contributed by atoms with Gasteiger partial charge in [-0.2, -0.15) is 0 Å². The lowest BCUT2D eigenvalue weighted by atomic mass is 10.1. The minimum absolute atomic E-state index is 0.00174. The quantitative estimate of drug-likeness (QED) is 0.762. The van der Waals surface area contributed by atoms with Crippen LogP contribution in [-0.2, 0) is 6.42 Å². The maximum absolute atomic E-state index is 12.9. The highest BCUT2D eigenvalue weighted by atomic mass is 79.9. The van der Waals surface area contributed by atoms with Gasteiger partial charge in [0, 0.05) is 5.56 Å². The van der Waals surface area contributed by atoms with Gasteiger partial charge in [-0.15, -0.1) is 0 Å². The van der Waals surface area contributed by atoms with Crippen molar-refractivity contribution in [3.05, 3.63) is 27.7 Å². The van der Waals surface area contributed by atoms with E-state index in [4.69, 9.17) is 0 Å². The number of rotatable bonds is 1. The van der Waals surface area contributed by atoms with Crippen molar-refractivity contribution in [3.8, 4) is 5.75 Å². The van der Waals surface area contributed by atoms with Crippen LogP contribution in [0.3, 0.4) is 0 Å². The predicted molar refractivity (Wildman–Crippen MR) is 56.4 cm³/mol. The van der Waals surface area contributed by atoms with Gasteiger partial charge >= 0.3 is 0 Å². The Morgan fingerprint density at radius 3 is 2.29 bits per heavy atom. The summed E-state index contributed by atoms with van der Waals surface area (Å²) in [5, 5.41) is 9.25. The zero-order chi connectivity index (χ0) is 11.3. The molecule has 0 saturated heterocycles. The van der Waals surface area contributed by atoms with Crippen LogP contribution >= 0.6 is 15.9 Å². The van der Waals surface area contributed by atoms with E-state index in [0.29, 0.717) is 0 Å². The van der Waals surface area contributed by atoms with Crippen LogP contribution < -0.4 is 0 Å². The van der Waals surface area contributed by atoms with Gasteiger partial charge in [0.05, 0.1) is 4.47 Å². The largest absolute Gasteiger partial charge is 0.506 e. The second-order valence-electron chi connectivity index (χ2n) is 2.33. The number of phenolic OH excluding ortho intramolecular Hbond substituents is 1. The highest BCUT2D eigenvalue weighted by Crippen LogP contribution is 2.31. The molecule has 80 valence electrons. The average Bonchev–Trinajstić information content (AvgIpc) is 2.19. The lowest BCUT2D eigenvalue weighted by molar-refractivity contribution is 0.439. The molecule has 0 fully saturated rings. The minimum Gasteiger partial charge on any atom is -0.506 e. The van der Waals surface area contributed by atoms with Gasteiger partial charge in [-0.25, -0.2) is 8.78 Å². The molecule has 1 rings (SSSR count). The zero-order valence-electron chi connectivity index (χ0n) is 8.37. The van der Waals surface area contributed by atoms with E-state index in [9.17, 15) is 13.9 Å². The summed E-state index contributed by atoms with van der Waals surface area (Å²) in [4.78, 5) is 0. The normalized spacial score (nSPS) is 9.29. The molecular weight excluding hydrogens is 254 g/mol. The molecule has 1 N–H and O–H groups in total. The zero-order valence-corrected chi connectivity index (χ0v) is 9.95. The van der Waals surface area contributed by atoms with Crippen LogP contribution in [0.5, 0.6) is 5.75 Å². The third-order valence-electron chi connectivity index (χ3n) is 1.59. The Labute approximate surface area is 90.9 Å². The van der Waals surface area contributed by atoms with Crippen LogP contribution in [0.25, 0.3) is 0 Å². The molecule has 0 spiro atoms. The Balaban J connectivity index is 0.000000791. The molecular formula is C10H13BrF2O. The Morgan fingerprint density at radius 2 is 1.86 bits per heavy atom. The monoisotopic (exact) mass is 266 g/mol. The Hall–Kier alpha value is -0.640. The Bertz CT molecular complexity index is 287. The average molecular weight is 267 g/mol. The number of hydrogen-bond donors (Lipinski definition) is 1. The summed E-state index contributed by atoms with van der Waals surface area (Å²) in [6.07, 6.45) is 0.258. The first-order valence-corrected chi connectivity index (χ1v) is 5.22. The minimum atomic E-state index is -0.974. The molecule has 0 amide bonds. The highest BCUT2D eigenvalue weighted by molar-refractivity contribution is 9.10. The molecule has 0 unspecified atom stereocenters. The summed E-state index contributed by atoms with van der Waals surface area (Å²) in [7, 11) is 0. The second-order valence-corrected chi connectivity index (χ2v) is 3.19. The van der Waals surface area contributed by atoms with Gasteiger partial charge in [-0.1, -0.05) is 20.8 Å². The maximum atomic E-state index is 12.9. The molecule has 1 nitrogen and oxygen atoms in total. The Morgan fingerprint density at radius 1 is 1.36 bits per heavy atom. The van der Waals surface area contributed by atoms with Gasteiger partial charge < -0.3 is 5.11 Å². The van der Waals surface area contributed by atoms with Gasteiger partial charge in [-0.05, 0) is 28.4 Å². The van der Waals surface area contributed by atoms with E-state index < -0.39 is 11.6 Å². The van der Waals surface area contributed by atoms with Crippen molar-refractivity contribution in [2.75, 3.05) is 0 Å². The van der Waals surface area contributed by atoms with E-state index >= 15 is 0 Å². The first kappa shape index (κ1) is 13.4. The summed E-state index contributed by atoms with van der Waals surface area (Å²) in [5.74, 6) is -2.15. The molecule has 14 heavy (non-hydrogen) atoms. The Kier molecular flexibility index (Phi) is 5.69. The lowest BCUT2D eigenvalue weighted by Gasteiger charge is -2.05. The number of benzene rings is 1. The molecule has 0 heterocycles. The number of halogens is 3. The van der Waals surface area contributed by atoms with Gasteiger partial charge in [0.1, 0.15) is 5.75 Å². The molecule has 1 aromatic rings. The van der Waals surface area contributed by atoms with Crippen LogP contribution in [-0.4, -0.2) is 5.11 Å². The van der Waals surface area contributed by atoms with E-state index in [2.05, 4.69) is 15.9 Å². The summed E-state index contributed by atoms with van der Waals surface area (Å²) in [6, 6.07) is 0.907. The fraction of sp³-hybridized carbons (Fsp3) is 0.400. The van der Waals surface area contributed by atoms with Gasteiger partial charge in [-0.3, -0.25) is 0 Å². The van der Waals surface area contributed by atoms with Gasteiger partial charge in [0.25, 0.3) is 0 Å². The van der Waals surface area contributed by atoms with Crippen LogP contribution in [0.1, 0.15) is 26.3 Å². The van der Waals surface area contributed by atoms with E-state index in [-0.39, 0.29) is 22.2 Å². The van der Waals surface area contributed by atoms with Crippen molar-refractivity contribution in [1.29, 1.82) is 0 Å². The third kappa shape index (κ3) is 2.67. The summed E-state index contributed by atoms with van der Waals surface area (Å²) in [6.45, 7) is 5.64. The molecule has 1 aromatic carbocycles. The van der Waals surface area contributed by atoms with Crippen molar-refractivity contribution < 1.29 is 13.9 Å². The molecule has 4 heteroatoms. The molecule has 0 atom stereocenters.